The van der Waals surface area contributed by atoms with Crippen molar-refractivity contribution in [1.29, 1.82) is 0 Å². The van der Waals surface area contributed by atoms with Crippen LogP contribution in [-0.4, -0.2) is 66.4 Å². The summed E-state index contributed by atoms with van der Waals surface area (Å²) >= 11 is 0. The highest BCUT2D eigenvalue weighted by Gasteiger charge is 2.27. The second kappa shape index (κ2) is 9.42. The van der Waals surface area contributed by atoms with Crippen LogP contribution in [0.2, 0.25) is 0 Å². The fraction of sp³-hybridized carbons (Fsp3) is 0.320. The predicted molar refractivity (Wildman–Crippen MR) is 131 cm³/mol. The van der Waals surface area contributed by atoms with Crippen molar-refractivity contribution in [2.24, 2.45) is 14.1 Å². The lowest BCUT2D eigenvalue weighted by Crippen LogP contribution is -2.48. The molecule has 0 saturated carbocycles. The number of ketones is 1. The van der Waals surface area contributed by atoms with Gasteiger partial charge in [0, 0.05) is 45.8 Å². The summed E-state index contributed by atoms with van der Waals surface area (Å²) in [7, 11) is 2.97. The van der Waals surface area contributed by atoms with Crippen LogP contribution in [0.3, 0.4) is 0 Å². The summed E-state index contributed by atoms with van der Waals surface area (Å²) in [5.74, 6) is 0.500. The molecular weight excluding hydrogens is 464 g/mol. The Hall–Kier alpha value is -4.25. The molecule has 3 aromatic heterocycles. The number of fused-ring (bicyclic) bond motifs is 1. The van der Waals surface area contributed by atoms with Gasteiger partial charge in [-0.25, -0.2) is 9.78 Å². The predicted octanol–water partition coefficient (Wildman–Crippen LogP) is 0.868. The van der Waals surface area contributed by atoms with Crippen LogP contribution < -0.4 is 11.2 Å². The van der Waals surface area contributed by atoms with E-state index in [1.54, 1.807) is 52.9 Å². The SMILES string of the molecule is Cn1c(=O)c2c(nc(CN3CCN(C(=O)c4ccco4)CC3)n2CC(=O)c2ccccc2)n(C)c1=O. The molecule has 1 aliphatic rings. The minimum Gasteiger partial charge on any atom is -0.459 e. The first-order valence-corrected chi connectivity index (χ1v) is 11.6. The maximum absolute atomic E-state index is 13.1. The van der Waals surface area contributed by atoms with Crippen LogP contribution in [0.15, 0.2) is 62.7 Å². The Balaban J connectivity index is 1.45. The standard InChI is InChI=1S/C25H26N6O5/c1-27-22-21(24(34)28(2)25(27)35)31(15-18(32)17-7-4-3-5-8-17)20(26-22)16-29-10-12-30(13-11-29)23(33)19-9-6-14-36-19/h3-9,14H,10-13,15-16H2,1-2H3. The summed E-state index contributed by atoms with van der Waals surface area (Å²) in [5.41, 5.74) is -0.00202. The highest BCUT2D eigenvalue weighted by Crippen LogP contribution is 2.17. The van der Waals surface area contributed by atoms with Crippen molar-refractivity contribution in [1.82, 2.24) is 28.5 Å². The Morgan fingerprint density at radius 1 is 0.944 bits per heavy atom. The average Bonchev–Trinajstić information content (AvgIpc) is 3.56. The number of furan rings is 1. The van der Waals surface area contributed by atoms with Gasteiger partial charge in [-0.3, -0.25) is 28.4 Å². The van der Waals surface area contributed by atoms with Gasteiger partial charge in [0.25, 0.3) is 11.5 Å². The number of benzene rings is 1. The summed E-state index contributed by atoms with van der Waals surface area (Å²) < 4.78 is 9.19. The van der Waals surface area contributed by atoms with E-state index in [4.69, 9.17) is 4.42 Å². The molecule has 186 valence electrons. The Labute approximate surface area is 205 Å². The monoisotopic (exact) mass is 490 g/mol. The van der Waals surface area contributed by atoms with Gasteiger partial charge in [-0.05, 0) is 12.1 Å². The van der Waals surface area contributed by atoms with Gasteiger partial charge in [0.05, 0.1) is 19.4 Å². The number of Topliss-reactive ketones (excluding diaryl/α,β-unsaturated/α-hetero) is 1. The molecule has 1 fully saturated rings. The lowest BCUT2D eigenvalue weighted by atomic mass is 10.1. The van der Waals surface area contributed by atoms with Gasteiger partial charge < -0.3 is 13.9 Å². The van der Waals surface area contributed by atoms with Crippen LogP contribution in [0.1, 0.15) is 26.7 Å². The molecule has 0 radical (unpaired) electrons. The fourth-order valence-electron chi connectivity index (χ4n) is 4.51. The quantitative estimate of drug-likeness (QED) is 0.368. The topological polar surface area (TPSA) is 116 Å². The van der Waals surface area contributed by atoms with E-state index in [0.29, 0.717) is 49.9 Å². The van der Waals surface area contributed by atoms with Crippen LogP contribution in [0.25, 0.3) is 11.2 Å². The largest absolute Gasteiger partial charge is 0.459 e. The third kappa shape index (κ3) is 4.17. The number of aryl methyl sites for hydroxylation is 1. The number of carbonyl (C=O) groups excluding carboxylic acids is 2. The van der Waals surface area contributed by atoms with Crippen LogP contribution in [-0.2, 0) is 27.2 Å². The molecule has 1 aliphatic heterocycles. The van der Waals surface area contributed by atoms with Crippen molar-refractivity contribution in [2.45, 2.75) is 13.1 Å². The van der Waals surface area contributed by atoms with E-state index >= 15 is 0 Å². The Kier molecular flexibility index (Phi) is 6.15. The van der Waals surface area contributed by atoms with E-state index in [1.165, 1.54) is 17.9 Å². The molecule has 11 nitrogen and oxygen atoms in total. The maximum atomic E-state index is 13.1. The first-order chi connectivity index (χ1) is 17.3. The lowest BCUT2D eigenvalue weighted by Gasteiger charge is -2.34. The zero-order valence-corrected chi connectivity index (χ0v) is 20.1. The van der Waals surface area contributed by atoms with Gasteiger partial charge in [0.2, 0.25) is 0 Å². The molecule has 0 unspecified atom stereocenters. The number of amides is 1. The van der Waals surface area contributed by atoms with E-state index in [0.717, 1.165) is 4.57 Å². The molecular formula is C25H26N6O5. The third-order valence-electron chi connectivity index (χ3n) is 6.58. The third-order valence-corrected chi connectivity index (χ3v) is 6.58. The van der Waals surface area contributed by atoms with Crippen LogP contribution in [0.4, 0.5) is 0 Å². The molecule has 1 amide bonds. The Morgan fingerprint density at radius 2 is 1.67 bits per heavy atom. The number of carbonyl (C=O) groups is 2. The van der Waals surface area contributed by atoms with E-state index in [1.807, 2.05) is 6.07 Å². The van der Waals surface area contributed by atoms with E-state index in [-0.39, 0.29) is 29.4 Å². The molecule has 11 heteroatoms. The zero-order valence-electron chi connectivity index (χ0n) is 20.1. The van der Waals surface area contributed by atoms with Gasteiger partial charge in [0.1, 0.15) is 5.82 Å². The number of piperazine rings is 1. The van der Waals surface area contributed by atoms with E-state index in [2.05, 4.69) is 9.88 Å². The smallest absolute Gasteiger partial charge is 0.332 e. The minimum atomic E-state index is -0.499. The molecule has 0 atom stereocenters. The summed E-state index contributed by atoms with van der Waals surface area (Å²) in [6.07, 6.45) is 1.47. The molecule has 0 spiro atoms. The molecule has 4 heterocycles. The van der Waals surface area contributed by atoms with E-state index in [9.17, 15) is 19.2 Å². The van der Waals surface area contributed by atoms with Gasteiger partial charge in [-0.2, -0.15) is 0 Å². The number of imidazole rings is 1. The summed E-state index contributed by atoms with van der Waals surface area (Å²) in [6, 6.07) is 12.2. The number of hydrogen-bond donors (Lipinski definition) is 0. The summed E-state index contributed by atoms with van der Waals surface area (Å²) in [4.78, 5) is 59.7. The fourth-order valence-corrected chi connectivity index (χ4v) is 4.51. The minimum absolute atomic E-state index is 0.0831. The molecule has 36 heavy (non-hydrogen) atoms. The number of hydrogen-bond acceptors (Lipinski definition) is 7. The Bertz CT molecular complexity index is 1540. The second-order valence-electron chi connectivity index (χ2n) is 8.83. The molecule has 0 N–H and O–H groups in total. The van der Waals surface area contributed by atoms with Gasteiger partial charge in [-0.1, -0.05) is 30.3 Å². The first kappa shape index (κ1) is 23.5. The van der Waals surface area contributed by atoms with Crippen molar-refractivity contribution >= 4 is 22.9 Å². The average molecular weight is 491 g/mol. The molecule has 4 aromatic rings. The molecule has 1 saturated heterocycles. The molecule has 5 rings (SSSR count). The van der Waals surface area contributed by atoms with Crippen molar-refractivity contribution in [3.63, 3.8) is 0 Å². The van der Waals surface area contributed by atoms with Gasteiger partial charge in [-0.15, -0.1) is 0 Å². The van der Waals surface area contributed by atoms with Gasteiger partial charge >= 0.3 is 5.69 Å². The highest BCUT2D eigenvalue weighted by atomic mass is 16.3. The van der Waals surface area contributed by atoms with Crippen molar-refractivity contribution in [2.75, 3.05) is 26.2 Å². The maximum Gasteiger partial charge on any atom is 0.332 e. The summed E-state index contributed by atoms with van der Waals surface area (Å²) in [6.45, 7) is 2.45. The zero-order chi connectivity index (χ0) is 25.4. The lowest BCUT2D eigenvalue weighted by molar-refractivity contribution is 0.0593. The molecule has 1 aromatic carbocycles. The van der Waals surface area contributed by atoms with Crippen LogP contribution >= 0.6 is 0 Å². The van der Waals surface area contributed by atoms with Crippen LogP contribution in [0, 0.1) is 0 Å². The van der Waals surface area contributed by atoms with Crippen LogP contribution in [0.5, 0.6) is 0 Å². The molecule has 0 bridgehead atoms. The summed E-state index contributed by atoms with van der Waals surface area (Å²) in [5, 5.41) is 0. The van der Waals surface area contributed by atoms with E-state index < -0.39 is 11.2 Å². The molecule has 0 aliphatic carbocycles. The van der Waals surface area contributed by atoms with Crippen molar-refractivity contribution < 1.29 is 14.0 Å². The Morgan fingerprint density at radius 3 is 2.33 bits per heavy atom. The normalized spacial score (nSPS) is 14.4. The number of nitrogens with zero attached hydrogens (tertiary/aromatic N) is 6. The first-order valence-electron chi connectivity index (χ1n) is 11.6. The van der Waals surface area contributed by atoms with Crippen molar-refractivity contribution in [3.8, 4) is 0 Å². The van der Waals surface area contributed by atoms with Gasteiger partial charge in [0.15, 0.2) is 22.7 Å². The number of aromatic nitrogens is 4. The van der Waals surface area contributed by atoms with Crippen molar-refractivity contribution in [3.05, 3.63) is 86.7 Å². The second-order valence-corrected chi connectivity index (χ2v) is 8.83. The highest BCUT2D eigenvalue weighted by molar-refractivity contribution is 5.96. The number of rotatable bonds is 6.